The molecule has 0 radical (unpaired) electrons. The number of carbonyl (C=O) groups excluding carboxylic acids is 1. The minimum atomic E-state index is -0.169. The molecule has 1 aromatic heterocycles. The van der Waals surface area contributed by atoms with Crippen molar-refractivity contribution in [3.05, 3.63) is 11.6 Å². The highest BCUT2D eigenvalue weighted by molar-refractivity contribution is 5.72. The largest absolute Gasteiger partial charge is 0.469 e. The predicted molar refractivity (Wildman–Crippen MR) is 51.7 cm³/mol. The van der Waals surface area contributed by atoms with E-state index in [4.69, 9.17) is 10.5 Å². The van der Waals surface area contributed by atoms with Gasteiger partial charge in [-0.2, -0.15) is 0 Å². The van der Waals surface area contributed by atoms with E-state index in [1.807, 2.05) is 4.57 Å². The minimum absolute atomic E-state index is 0.0937. The molecule has 0 fully saturated rings. The summed E-state index contributed by atoms with van der Waals surface area (Å²) < 4.78 is 6.65. The Labute approximate surface area is 87.4 Å². The molecule has 1 aliphatic heterocycles. The lowest BCUT2D eigenvalue weighted by molar-refractivity contribution is -0.146. The smallest absolute Gasteiger partial charge is 0.310 e. The fraction of sp³-hybridized carbons (Fsp3) is 0.667. The molecule has 1 atom stereocenters. The summed E-state index contributed by atoms with van der Waals surface area (Å²) in [6.45, 7) is 0.933. The van der Waals surface area contributed by atoms with E-state index in [1.165, 1.54) is 7.11 Å². The first-order chi connectivity index (χ1) is 7.26. The van der Waals surface area contributed by atoms with Crippen molar-refractivity contribution in [3.8, 4) is 0 Å². The number of hydrogen-bond acceptors (Lipinski definition) is 5. The van der Waals surface area contributed by atoms with Gasteiger partial charge in [-0.3, -0.25) is 4.79 Å². The number of carbonyl (C=O) groups is 1. The van der Waals surface area contributed by atoms with Crippen molar-refractivity contribution < 1.29 is 9.53 Å². The molecule has 15 heavy (non-hydrogen) atoms. The monoisotopic (exact) mass is 210 g/mol. The topological polar surface area (TPSA) is 83.0 Å². The average molecular weight is 210 g/mol. The first-order valence-electron chi connectivity index (χ1n) is 4.95. The van der Waals surface area contributed by atoms with Crippen LogP contribution in [-0.4, -0.2) is 27.8 Å². The summed E-state index contributed by atoms with van der Waals surface area (Å²) in [5.41, 5.74) is 5.53. The Morgan fingerprint density at radius 3 is 3.13 bits per heavy atom. The van der Waals surface area contributed by atoms with E-state index in [2.05, 4.69) is 10.2 Å². The molecular weight excluding hydrogens is 196 g/mol. The maximum absolute atomic E-state index is 11.4. The molecule has 2 rings (SSSR count). The Morgan fingerprint density at radius 2 is 2.47 bits per heavy atom. The number of esters is 1. The number of nitrogens with two attached hydrogens (primary N) is 1. The lowest BCUT2D eigenvalue weighted by Crippen LogP contribution is -2.29. The summed E-state index contributed by atoms with van der Waals surface area (Å²) in [6.07, 6.45) is 1.53. The molecule has 0 aliphatic carbocycles. The number of ether oxygens (including phenoxy) is 1. The third-order valence-electron chi connectivity index (χ3n) is 2.74. The fourth-order valence-electron chi connectivity index (χ4n) is 1.89. The van der Waals surface area contributed by atoms with Crippen LogP contribution in [-0.2, 0) is 29.0 Å². The van der Waals surface area contributed by atoms with Crippen molar-refractivity contribution in [2.45, 2.75) is 25.9 Å². The summed E-state index contributed by atoms with van der Waals surface area (Å²) in [7, 11) is 1.41. The van der Waals surface area contributed by atoms with Gasteiger partial charge in [0.2, 0.25) is 0 Å². The summed E-state index contributed by atoms with van der Waals surface area (Å²) in [5, 5.41) is 8.00. The maximum Gasteiger partial charge on any atom is 0.310 e. The van der Waals surface area contributed by atoms with Crippen LogP contribution >= 0.6 is 0 Å². The van der Waals surface area contributed by atoms with Gasteiger partial charge >= 0.3 is 5.97 Å². The number of hydrogen-bond donors (Lipinski definition) is 1. The molecule has 2 heterocycles. The van der Waals surface area contributed by atoms with Crippen molar-refractivity contribution in [2.75, 3.05) is 7.11 Å². The molecular formula is C9H14N4O2. The number of aromatic nitrogens is 3. The standard InChI is InChI=1S/C9H14N4O2/c1-15-9(14)6-2-3-7-11-12-8(4-10)13(7)5-6/h6H,2-5,10H2,1H3. The van der Waals surface area contributed by atoms with Crippen LogP contribution in [0.5, 0.6) is 0 Å². The lowest BCUT2D eigenvalue weighted by atomic mass is 9.99. The molecule has 6 nitrogen and oxygen atoms in total. The zero-order chi connectivity index (χ0) is 10.8. The van der Waals surface area contributed by atoms with E-state index in [1.54, 1.807) is 0 Å². The maximum atomic E-state index is 11.4. The SMILES string of the molecule is COC(=O)C1CCc2nnc(CN)n2C1. The molecule has 1 aliphatic rings. The van der Waals surface area contributed by atoms with Crippen molar-refractivity contribution in [3.63, 3.8) is 0 Å². The van der Waals surface area contributed by atoms with Crippen molar-refractivity contribution in [2.24, 2.45) is 11.7 Å². The third kappa shape index (κ3) is 1.72. The van der Waals surface area contributed by atoms with E-state index in [9.17, 15) is 4.79 Å². The molecule has 1 unspecified atom stereocenters. The molecule has 0 bridgehead atoms. The third-order valence-corrected chi connectivity index (χ3v) is 2.74. The normalized spacial score (nSPS) is 19.7. The molecule has 1 aromatic rings. The Bertz CT molecular complexity index is 361. The van der Waals surface area contributed by atoms with Gasteiger partial charge in [0, 0.05) is 13.0 Å². The first-order valence-corrected chi connectivity index (χ1v) is 4.95. The summed E-state index contributed by atoms with van der Waals surface area (Å²) in [6, 6.07) is 0. The predicted octanol–water partition coefficient (Wildman–Crippen LogP) is -0.528. The van der Waals surface area contributed by atoms with E-state index in [0.29, 0.717) is 13.1 Å². The summed E-state index contributed by atoms with van der Waals surface area (Å²) in [5.74, 6) is 1.38. The Hall–Kier alpha value is -1.43. The number of fused-ring (bicyclic) bond motifs is 1. The van der Waals surface area contributed by atoms with Crippen LogP contribution in [0.15, 0.2) is 0 Å². The van der Waals surface area contributed by atoms with Gasteiger partial charge in [0.05, 0.1) is 19.6 Å². The van der Waals surface area contributed by atoms with E-state index in [-0.39, 0.29) is 11.9 Å². The van der Waals surface area contributed by atoms with Gasteiger partial charge in [-0.1, -0.05) is 0 Å². The minimum Gasteiger partial charge on any atom is -0.469 e. The zero-order valence-electron chi connectivity index (χ0n) is 8.64. The highest BCUT2D eigenvalue weighted by Gasteiger charge is 2.27. The molecule has 0 amide bonds. The zero-order valence-corrected chi connectivity index (χ0v) is 8.64. The molecule has 0 aromatic carbocycles. The number of aryl methyl sites for hydroxylation is 1. The van der Waals surface area contributed by atoms with Crippen LogP contribution in [0.25, 0.3) is 0 Å². The van der Waals surface area contributed by atoms with Crippen LogP contribution in [0.2, 0.25) is 0 Å². The average Bonchev–Trinajstić information content (AvgIpc) is 2.69. The Morgan fingerprint density at radius 1 is 1.67 bits per heavy atom. The molecule has 6 heteroatoms. The number of methoxy groups -OCH3 is 1. The van der Waals surface area contributed by atoms with E-state index in [0.717, 1.165) is 24.5 Å². The van der Waals surface area contributed by atoms with Gasteiger partial charge in [0.15, 0.2) is 0 Å². The lowest BCUT2D eigenvalue weighted by Gasteiger charge is -2.21. The van der Waals surface area contributed by atoms with Crippen molar-refractivity contribution in [1.82, 2.24) is 14.8 Å². The fourth-order valence-corrected chi connectivity index (χ4v) is 1.89. The second kappa shape index (κ2) is 3.98. The van der Waals surface area contributed by atoms with Crippen molar-refractivity contribution >= 4 is 5.97 Å². The van der Waals surface area contributed by atoms with E-state index >= 15 is 0 Å². The van der Waals surface area contributed by atoms with Crippen LogP contribution in [0.3, 0.4) is 0 Å². The van der Waals surface area contributed by atoms with Gasteiger partial charge in [-0.15, -0.1) is 10.2 Å². The first kappa shape index (κ1) is 10.1. The van der Waals surface area contributed by atoms with Gasteiger partial charge in [-0.05, 0) is 6.42 Å². The van der Waals surface area contributed by atoms with Crippen LogP contribution in [0.4, 0.5) is 0 Å². The second-order valence-electron chi connectivity index (χ2n) is 3.61. The Kier molecular flexibility index (Phi) is 2.68. The summed E-state index contributed by atoms with van der Waals surface area (Å²) >= 11 is 0. The molecule has 0 spiro atoms. The highest BCUT2D eigenvalue weighted by Crippen LogP contribution is 2.20. The quantitative estimate of drug-likeness (QED) is 0.663. The molecule has 0 saturated carbocycles. The molecule has 0 saturated heterocycles. The molecule has 82 valence electrons. The van der Waals surface area contributed by atoms with E-state index < -0.39 is 0 Å². The number of nitrogens with zero attached hydrogens (tertiary/aromatic N) is 3. The second-order valence-corrected chi connectivity index (χ2v) is 3.61. The number of rotatable bonds is 2. The Balaban J connectivity index is 2.20. The summed E-state index contributed by atoms with van der Waals surface area (Å²) in [4.78, 5) is 11.4. The van der Waals surface area contributed by atoms with Gasteiger partial charge in [0.25, 0.3) is 0 Å². The van der Waals surface area contributed by atoms with Gasteiger partial charge < -0.3 is 15.0 Å². The molecule has 2 N–H and O–H groups in total. The van der Waals surface area contributed by atoms with Crippen LogP contribution < -0.4 is 5.73 Å². The van der Waals surface area contributed by atoms with Crippen LogP contribution in [0, 0.1) is 5.92 Å². The van der Waals surface area contributed by atoms with Crippen LogP contribution in [0.1, 0.15) is 18.1 Å². The van der Waals surface area contributed by atoms with Gasteiger partial charge in [0.1, 0.15) is 11.6 Å². The van der Waals surface area contributed by atoms with Gasteiger partial charge in [-0.25, -0.2) is 0 Å². The van der Waals surface area contributed by atoms with Crippen molar-refractivity contribution in [1.29, 1.82) is 0 Å². The highest BCUT2D eigenvalue weighted by atomic mass is 16.5.